The average Bonchev–Trinajstić information content (AvgIpc) is 2.42. The van der Waals surface area contributed by atoms with Crippen LogP contribution >= 0.6 is 23.2 Å². The average molecular weight is 341 g/mol. The zero-order valence-corrected chi connectivity index (χ0v) is 12.5. The summed E-state index contributed by atoms with van der Waals surface area (Å²) in [4.78, 5) is 25.4. The molecule has 1 aromatic carbocycles. The van der Waals surface area contributed by atoms with Crippen molar-refractivity contribution in [2.75, 3.05) is 0 Å². The lowest BCUT2D eigenvalue weighted by atomic mass is 9.98. The fourth-order valence-corrected chi connectivity index (χ4v) is 2.62. The molecule has 5 nitrogen and oxygen atoms in total. The number of nitriles is 1. The van der Waals surface area contributed by atoms with Gasteiger partial charge in [0.1, 0.15) is 17.4 Å². The zero-order valence-electron chi connectivity index (χ0n) is 11.0. The van der Waals surface area contributed by atoms with E-state index in [0.717, 1.165) is 0 Å². The normalized spacial score (nSPS) is 10.3. The van der Waals surface area contributed by atoms with Gasteiger partial charge in [-0.1, -0.05) is 23.2 Å². The third-order valence-electron chi connectivity index (χ3n) is 2.94. The molecule has 0 bridgehead atoms. The minimum Gasteiger partial charge on any atom is -0.478 e. The highest BCUT2D eigenvalue weighted by Crippen LogP contribution is 2.39. The van der Waals surface area contributed by atoms with E-state index in [1.54, 1.807) is 13.0 Å². The number of rotatable bonds is 2. The highest BCUT2D eigenvalue weighted by atomic mass is 35.5. The van der Waals surface area contributed by atoms with E-state index in [0.29, 0.717) is 11.8 Å². The van der Waals surface area contributed by atoms with Gasteiger partial charge in [-0.3, -0.25) is 4.79 Å². The van der Waals surface area contributed by atoms with Gasteiger partial charge in [-0.15, -0.1) is 0 Å². The molecule has 2 N–H and O–H groups in total. The molecule has 1 heterocycles. The van der Waals surface area contributed by atoms with Crippen LogP contribution in [0.5, 0.6) is 0 Å². The van der Waals surface area contributed by atoms with E-state index >= 15 is 0 Å². The van der Waals surface area contributed by atoms with Crippen LogP contribution in [-0.2, 0) is 0 Å². The number of nitrogens with one attached hydrogen (secondary N) is 1. The van der Waals surface area contributed by atoms with E-state index in [4.69, 9.17) is 33.6 Å². The SMILES string of the molecule is Cc1cc(-c2c(Cl)c(F)cc(C(=O)O)c2Cl)c(C#N)c(=O)[nH]1. The quantitative estimate of drug-likeness (QED) is 0.819. The zero-order chi connectivity index (χ0) is 16.6. The monoisotopic (exact) mass is 340 g/mol. The number of pyridine rings is 1. The number of aryl methyl sites for hydroxylation is 1. The molecule has 8 heteroatoms. The molecular weight excluding hydrogens is 334 g/mol. The topological polar surface area (TPSA) is 93.9 Å². The Kier molecular flexibility index (Phi) is 4.22. The summed E-state index contributed by atoms with van der Waals surface area (Å²) in [7, 11) is 0. The molecule has 0 fully saturated rings. The third kappa shape index (κ3) is 2.56. The predicted molar refractivity (Wildman–Crippen MR) is 78.9 cm³/mol. The van der Waals surface area contributed by atoms with Gasteiger partial charge in [-0.2, -0.15) is 5.26 Å². The van der Waals surface area contributed by atoms with Gasteiger partial charge in [-0.05, 0) is 19.1 Å². The van der Waals surface area contributed by atoms with Crippen molar-refractivity contribution in [1.82, 2.24) is 4.98 Å². The molecule has 22 heavy (non-hydrogen) atoms. The molecule has 1 aromatic heterocycles. The summed E-state index contributed by atoms with van der Waals surface area (Å²) in [5.74, 6) is -2.47. The Morgan fingerprint density at radius 1 is 1.36 bits per heavy atom. The van der Waals surface area contributed by atoms with Crippen LogP contribution in [0.1, 0.15) is 21.6 Å². The standard InChI is InChI=1S/C14H7Cl2FN2O3/c1-5-2-6(8(4-18)13(20)19-5)10-11(15)7(14(21)22)3-9(17)12(10)16/h2-3H,1H3,(H,19,20)(H,21,22). The molecule has 0 amide bonds. The minimum absolute atomic E-state index is 0.0271. The summed E-state index contributed by atoms with van der Waals surface area (Å²) in [5, 5.41) is 17.4. The summed E-state index contributed by atoms with van der Waals surface area (Å²) in [6.45, 7) is 1.55. The van der Waals surface area contributed by atoms with Gasteiger partial charge in [0.05, 0.1) is 15.6 Å². The number of carboxylic acid groups (broad SMARTS) is 1. The fraction of sp³-hybridized carbons (Fsp3) is 0.0714. The third-order valence-corrected chi connectivity index (χ3v) is 3.70. The maximum atomic E-state index is 13.9. The molecule has 0 saturated heterocycles. The second-order valence-electron chi connectivity index (χ2n) is 4.40. The molecule has 0 aliphatic carbocycles. The van der Waals surface area contributed by atoms with Crippen molar-refractivity contribution in [3.63, 3.8) is 0 Å². The van der Waals surface area contributed by atoms with Crippen molar-refractivity contribution in [2.45, 2.75) is 6.92 Å². The number of aromatic nitrogens is 1. The van der Waals surface area contributed by atoms with E-state index in [2.05, 4.69) is 4.98 Å². The van der Waals surface area contributed by atoms with Crippen molar-refractivity contribution in [3.05, 3.63) is 55.2 Å². The van der Waals surface area contributed by atoms with Gasteiger partial charge in [0.15, 0.2) is 0 Å². The number of H-pyrrole nitrogens is 1. The van der Waals surface area contributed by atoms with Gasteiger partial charge < -0.3 is 10.1 Å². The number of hydrogen-bond donors (Lipinski definition) is 2. The predicted octanol–water partition coefficient (Wildman–Crippen LogP) is 3.37. The number of carboxylic acids is 1. The molecule has 2 aromatic rings. The summed E-state index contributed by atoms with van der Waals surface area (Å²) in [6, 6.07) is 3.74. The first-order chi connectivity index (χ1) is 10.3. The number of benzene rings is 1. The highest BCUT2D eigenvalue weighted by molar-refractivity contribution is 6.41. The second-order valence-corrected chi connectivity index (χ2v) is 5.15. The van der Waals surface area contributed by atoms with Gasteiger partial charge in [-0.25, -0.2) is 9.18 Å². The van der Waals surface area contributed by atoms with E-state index < -0.39 is 27.9 Å². The number of carbonyl (C=O) groups is 1. The van der Waals surface area contributed by atoms with Gasteiger partial charge in [0.25, 0.3) is 5.56 Å². The molecule has 0 radical (unpaired) electrons. The van der Waals surface area contributed by atoms with Crippen LogP contribution in [-0.4, -0.2) is 16.1 Å². The first-order valence-corrected chi connectivity index (χ1v) is 6.58. The van der Waals surface area contributed by atoms with E-state index in [-0.39, 0.29) is 21.7 Å². The highest BCUT2D eigenvalue weighted by Gasteiger charge is 2.24. The maximum absolute atomic E-state index is 13.9. The first-order valence-electron chi connectivity index (χ1n) is 5.83. The van der Waals surface area contributed by atoms with E-state index in [1.807, 2.05) is 0 Å². The van der Waals surface area contributed by atoms with Crippen LogP contribution < -0.4 is 5.56 Å². The summed E-state index contributed by atoms with van der Waals surface area (Å²) >= 11 is 11.9. The Balaban J connectivity index is 2.99. The van der Waals surface area contributed by atoms with Crippen LogP contribution in [0.3, 0.4) is 0 Å². The molecule has 0 spiro atoms. The Morgan fingerprint density at radius 2 is 2.00 bits per heavy atom. The number of halogens is 3. The number of nitrogens with zero attached hydrogens (tertiary/aromatic N) is 1. The van der Waals surface area contributed by atoms with Crippen molar-refractivity contribution < 1.29 is 14.3 Å². The molecule has 2 rings (SSSR count). The fourth-order valence-electron chi connectivity index (χ4n) is 1.99. The summed E-state index contributed by atoms with van der Waals surface area (Å²) < 4.78 is 13.9. The smallest absolute Gasteiger partial charge is 0.337 e. The van der Waals surface area contributed by atoms with Crippen molar-refractivity contribution >= 4 is 29.2 Å². The van der Waals surface area contributed by atoms with E-state index in [1.165, 1.54) is 6.07 Å². The Labute approximate surface area is 133 Å². The van der Waals surface area contributed by atoms with Crippen molar-refractivity contribution in [3.8, 4) is 17.2 Å². The Bertz CT molecular complexity index is 900. The van der Waals surface area contributed by atoms with E-state index in [9.17, 15) is 14.0 Å². The summed E-state index contributed by atoms with van der Waals surface area (Å²) in [6.07, 6.45) is 0. The number of aromatic amines is 1. The van der Waals surface area contributed by atoms with Gasteiger partial charge >= 0.3 is 5.97 Å². The molecule has 0 unspecified atom stereocenters. The lowest BCUT2D eigenvalue weighted by Crippen LogP contribution is -2.13. The van der Waals surface area contributed by atoms with Gasteiger partial charge in [0.2, 0.25) is 0 Å². The molecule has 0 saturated carbocycles. The first kappa shape index (κ1) is 16.0. The second kappa shape index (κ2) is 5.79. The Morgan fingerprint density at radius 3 is 2.55 bits per heavy atom. The molecule has 112 valence electrons. The van der Waals surface area contributed by atoms with Crippen LogP contribution in [0.25, 0.3) is 11.1 Å². The maximum Gasteiger partial charge on any atom is 0.337 e. The largest absolute Gasteiger partial charge is 0.478 e. The molecule has 0 aliphatic heterocycles. The Hall–Kier alpha value is -2.36. The van der Waals surface area contributed by atoms with Crippen LogP contribution in [0.15, 0.2) is 16.9 Å². The number of aromatic carboxylic acids is 1. The lowest BCUT2D eigenvalue weighted by molar-refractivity contribution is 0.0696. The molecule has 0 atom stereocenters. The van der Waals surface area contributed by atoms with Crippen molar-refractivity contribution in [2.24, 2.45) is 0 Å². The minimum atomic E-state index is -1.46. The van der Waals surface area contributed by atoms with Crippen LogP contribution in [0.4, 0.5) is 4.39 Å². The summed E-state index contributed by atoms with van der Waals surface area (Å²) in [5.41, 5.74) is -1.40. The molecule has 0 aliphatic rings. The number of hydrogen-bond acceptors (Lipinski definition) is 3. The van der Waals surface area contributed by atoms with Gasteiger partial charge in [0, 0.05) is 16.8 Å². The molecular formula is C14H7Cl2FN2O3. The van der Waals surface area contributed by atoms with Crippen LogP contribution in [0, 0.1) is 24.1 Å². The lowest BCUT2D eigenvalue weighted by Gasteiger charge is -2.12. The van der Waals surface area contributed by atoms with Crippen molar-refractivity contribution in [1.29, 1.82) is 5.26 Å². The van der Waals surface area contributed by atoms with Crippen LogP contribution in [0.2, 0.25) is 10.0 Å².